The predicted molar refractivity (Wildman–Crippen MR) is 121 cm³/mol. The molecule has 0 heterocycles. The van der Waals surface area contributed by atoms with Gasteiger partial charge in [-0.1, -0.05) is 52.7 Å². The van der Waals surface area contributed by atoms with Gasteiger partial charge >= 0.3 is 0 Å². The van der Waals surface area contributed by atoms with E-state index in [-0.39, 0.29) is 35.6 Å². The van der Waals surface area contributed by atoms with Crippen LogP contribution in [0.1, 0.15) is 100 Å². The van der Waals surface area contributed by atoms with E-state index in [1.165, 1.54) is 18.1 Å². The SMILES string of the molecule is CC.CCCC(CC1CC(=O)c2c(C)ccc(C)c2C1)C(CC)C(=O)CC(C)=O. The van der Waals surface area contributed by atoms with E-state index in [0.717, 1.165) is 43.2 Å². The van der Waals surface area contributed by atoms with Crippen molar-refractivity contribution < 1.29 is 14.4 Å². The zero-order valence-electron chi connectivity index (χ0n) is 19.6. The van der Waals surface area contributed by atoms with Crippen LogP contribution in [0, 0.1) is 31.6 Å². The molecular formula is C26H40O3. The largest absolute Gasteiger partial charge is 0.300 e. The van der Waals surface area contributed by atoms with Crippen LogP contribution in [0.4, 0.5) is 0 Å². The molecule has 29 heavy (non-hydrogen) atoms. The van der Waals surface area contributed by atoms with Gasteiger partial charge in [-0.3, -0.25) is 14.4 Å². The second-order valence-electron chi connectivity index (χ2n) is 8.39. The summed E-state index contributed by atoms with van der Waals surface area (Å²) in [6.45, 7) is 13.8. The van der Waals surface area contributed by atoms with Gasteiger partial charge in [0.2, 0.25) is 0 Å². The van der Waals surface area contributed by atoms with Gasteiger partial charge in [-0.15, -0.1) is 0 Å². The summed E-state index contributed by atoms with van der Waals surface area (Å²) in [4.78, 5) is 36.9. The average molecular weight is 401 g/mol. The Balaban J connectivity index is 0.00000204. The van der Waals surface area contributed by atoms with Gasteiger partial charge in [0, 0.05) is 17.9 Å². The number of ketones is 3. The average Bonchev–Trinajstić information content (AvgIpc) is 2.66. The first-order chi connectivity index (χ1) is 13.8. The number of rotatable bonds is 9. The topological polar surface area (TPSA) is 51.2 Å². The third kappa shape index (κ3) is 6.62. The van der Waals surface area contributed by atoms with E-state index in [1.54, 1.807) is 0 Å². The number of hydrogen-bond donors (Lipinski definition) is 0. The van der Waals surface area contributed by atoms with E-state index in [1.807, 2.05) is 33.8 Å². The molecule has 0 radical (unpaired) electrons. The van der Waals surface area contributed by atoms with E-state index in [9.17, 15) is 14.4 Å². The van der Waals surface area contributed by atoms with Crippen LogP contribution < -0.4 is 0 Å². The lowest BCUT2D eigenvalue weighted by Gasteiger charge is -2.32. The fourth-order valence-corrected chi connectivity index (χ4v) is 4.89. The number of hydrogen-bond acceptors (Lipinski definition) is 3. The Kier molecular flexibility index (Phi) is 10.5. The number of fused-ring (bicyclic) bond motifs is 1. The fraction of sp³-hybridized carbons (Fsp3) is 0.654. The Bertz CT molecular complexity index is 717. The maximum absolute atomic E-state index is 12.8. The van der Waals surface area contributed by atoms with Crippen molar-refractivity contribution in [1.29, 1.82) is 0 Å². The highest BCUT2D eigenvalue weighted by Gasteiger charge is 2.33. The van der Waals surface area contributed by atoms with Crippen molar-refractivity contribution in [2.24, 2.45) is 17.8 Å². The Morgan fingerprint density at radius 1 is 1.07 bits per heavy atom. The molecule has 1 aromatic carbocycles. The molecule has 0 spiro atoms. The van der Waals surface area contributed by atoms with Crippen molar-refractivity contribution in [2.75, 3.05) is 0 Å². The standard InChI is InChI=1S/C24H34O3.C2H6/c1-6-8-19(20(7-2)22(26)11-17(5)25)12-18-13-21-15(3)9-10-16(4)24(21)23(27)14-18;1-2/h9-10,18-20H,6-8,11-14H2,1-5H3;1-2H3. The molecular weight excluding hydrogens is 360 g/mol. The molecule has 0 N–H and O–H groups in total. The summed E-state index contributed by atoms with van der Waals surface area (Å²) in [5.41, 5.74) is 4.40. The minimum atomic E-state index is -0.0658. The van der Waals surface area contributed by atoms with Crippen LogP contribution in [0.3, 0.4) is 0 Å². The number of carbonyl (C=O) groups excluding carboxylic acids is 3. The molecule has 3 heteroatoms. The molecule has 0 aromatic heterocycles. The number of benzene rings is 1. The lowest BCUT2D eigenvalue weighted by atomic mass is 9.71. The first kappa shape index (κ1) is 25.3. The van der Waals surface area contributed by atoms with Gasteiger partial charge in [0.05, 0.1) is 6.42 Å². The van der Waals surface area contributed by atoms with Gasteiger partial charge in [0.1, 0.15) is 11.6 Å². The second-order valence-corrected chi connectivity index (χ2v) is 8.39. The molecule has 3 nitrogen and oxygen atoms in total. The third-order valence-corrected chi connectivity index (χ3v) is 6.14. The van der Waals surface area contributed by atoms with Gasteiger partial charge in [0.15, 0.2) is 5.78 Å². The summed E-state index contributed by atoms with van der Waals surface area (Å²) in [6.07, 6.45) is 5.21. The van der Waals surface area contributed by atoms with Gasteiger partial charge in [0.25, 0.3) is 0 Å². The summed E-state index contributed by atoms with van der Waals surface area (Å²) >= 11 is 0. The van der Waals surface area contributed by atoms with Crippen molar-refractivity contribution in [3.8, 4) is 0 Å². The monoisotopic (exact) mass is 400 g/mol. The van der Waals surface area contributed by atoms with E-state index < -0.39 is 0 Å². The van der Waals surface area contributed by atoms with Crippen molar-refractivity contribution >= 4 is 17.3 Å². The van der Waals surface area contributed by atoms with Crippen LogP contribution in [-0.2, 0) is 16.0 Å². The minimum Gasteiger partial charge on any atom is -0.300 e. The molecule has 0 saturated heterocycles. The molecule has 3 atom stereocenters. The zero-order chi connectivity index (χ0) is 22.1. The molecule has 1 aliphatic carbocycles. The molecule has 0 amide bonds. The van der Waals surface area contributed by atoms with E-state index in [0.29, 0.717) is 12.3 Å². The van der Waals surface area contributed by atoms with Crippen LogP contribution in [0.15, 0.2) is 12.1 Å². The first-order valence-corrected chi connectivity index (χ1v) is 11.4. The van der Waals surface area contributed by atoms with Crippen LogP contribution in [0.25, 0.3) is 0 Å². The van der Waals surface area contributed by atoms with E-state index in [2.05, 4.69) is 19.9 Å². The smallest absolute Gasteiger partial charge is 0.163 e. The normalized spacial score (nSPS) is 17.6. The van der Waals surface area contributed by atoms with E-state index in [4.69, 9.17) is 0 Å². The van der Waals surface area contributed by atoms with Crippen molar-refractivity contribution in [3.05, 3.63) is 34.4 Å². The molecule has 1 aromatic rings. The lowest BCUT2D eigenvalue weighted by molar-refractivity contribution is -0.129. The lowest BCUT2D eigenvalue weighted by Crippen LogP contribution is -2.30. The van der Waals surface area contributed by atoms with E-state index >= 15 is 0 Å². The Morgan fingerprint density at radius 3 is 2.24 bits per heavy atom. The van der Waals surface area contributed by atoms with Crippen molar-refractivity contribution in [2.45, 2.75) is 93.4 Å². The second kappa shape index (κ2) is 12.0. The Morgan fingerprint density at radius 2 is 1.69 bits per heavy atom. The van der Waals surface area contributed by atoms with Crippen molar-refractivity contribution in [3.63, 3.8) is 0 Å². The van der Waals surface area contributed by atoms with Crippen LogP contribution >= 0.6 is 0 Å². The quantitative estimate of drug-likeness (QED) is 0.447. The maximum Gasteiger partial charge on any atom is 0.163 e. The van der Waals surface area contributed by atoms with Gasteiger partial charge < -0.3 is 0 Å². The third-order valence-electron chi connectivity index (χ3n) is 6.14. The summed E-state index contributed by atoms with van der Waals surface area (Å²) in [5, 5.41) is 0. The van der Waals surface area contributed by atoms with Gasteiger partial charge in [-0.05, 0) is 68.6 Å². The molecule has 2 rings (SSSR count). The predicted octanol–water partition coefficient (Wildman–Crippen LogP) is 6.46. The van der Waals surface area contributed by atoms with Crippen molar-refractivity contribution in [1.82, 2.24) is 0 Å². The Hall–Kier alpha value is -1.77. The summed E-state index contributed by atoms with van der Waals surface area (Å²) in [7, 11) is 0. The number of carbonyl (C=O) groups is 3. The first-order valence-electron chi connectivity index (χ1n) is 11.4. The molecule has 162 valence electrons. The number of aryl methyl sites for hydroxylation is 2. The zero-order valence-corrected chi connectivity index (χ0v) is 19.6. The maximum atomic E-state index is 12.8. The van der Waals surface area contributed by atoms with Gasteiger partial charge in [-0.2, -0.15) is 0 Å². The summed E-state index contributed by atoms with van der Waals surface area (Å²) in [6, 6.07) is 4.15. The Labute approximate surface area is 177 Å². The minimum absolute atomic E-state index is 0.0451. The molecule has 1 aliphatic rings. The molecule has 0 fully saturated rings. The highest BCUT2D eigenvalue weighted by Crippen LogP contribution is 2.37. The summed E-state index contributed by atoms with van der Waals surface area (Å²) < 4.78 is 0. The highest BCUT2D eigenvalue weighted by molar-refractivity contribution is 6.00. The van der Waals surface area contributed by atoms with Crippen LogP contribution in [-0.4, -0.2) is 17.3 Å². The molecule has 3 unspecified atom stereocenters. The van der Waals surface area contributed by atoms with Gasteiger partial charge in [-0.25, -0.2) is 0 Å². The summed E-state index contributed by atoms with van der Waals surface area (Å²) in [5.74, 6) is 0.766. The van der Waals surface area contributed by atoms with Crippen LogP contribution in [0.5, 0.6) is 0 Å². The number of Topliss-reactive ketones (excluding diaryl/α,β-unsaturated/α-hetero) is 3. The highest BCUT2D eigenvalue weighted by atomic mass is 16.1. The fourth-order valence-electron chi connectivity index (χ4n) is 4.89. The van der Waals surface area contributed by atoms with Crippen LogP contribution in [0.2, 0.25) is 0 Å². The molecule has 0 aliphatic heterocycles. The molecule has 0 saturated carbocycles. The molecule has 0 bridgehead atoms.